The van der Waals surface area contributed by atoms with E-state index in [4.69, 9.17) is 10.5 Å². The molecule has 1 aromatic heterocycles. The first kappa shape index (κ1) is 12.8. The maximum Gasteiger partial charge on any atom is 0.339 e. The number of esters is 1. The van der Waals surface area contributed by atoms with Gasteiger partial charge in [-0.1, -0.05) is 0 Å². The molecule has 0 saturated carbocycles. The van der Waals surface area contributed by atoms with Crippen LogP contribution in [0.5, 0.6) is 0 Å². The van der Waals surface area contributed by atoms with Crippen LogP contribution in [0.2, 0.25) is 0 Å². The Morgan fingerprint density at radius 2 is 2.39 bits per heavy atom. The van der Waals surface area contributed by atoms with Gasteiger partial charge in [-0.15, -0.1) is 0 Å². The first-order chi connectivity index (χ1) is 8.65. The van der Waals surface area contributed by atoms with Gasteiger partial charge in [0, 0.05) is 13.1 Å². The van der Waals surface area contributed by atoms with Crippen LogP contribution in [-0.4, -0.2) is 37.7 Å². The van der Waals surface area contributed by atoms with Crippen LogP contribution in [-0.2, 0) is 4.74 Å². The second-order valence-corrected chi connectivity index (χ2v) is 4.63. The monoisotopic (exact) mass is 249 g/mol. The number of aromatic nitrogens is 1. The average molecular weight is 249 g/mol. The van der Waals surface area contributed by atoms with E-state index >= 15 is 0 Å². The Kier molecular flexibility index (Phi) is 3.81. The van der Waals surface area contributed by atoms with Crippen LogP contribution in [0.25, 0.3) is 0 Å². The molecular formula is C13H19N3O2. The zero-order valence-electron chi connectivity index (χ0n) is 10.8. The minimum absolute atomic E-state index is 0.340. The number of aryl methyl sites for hydroxylation is 1. The van der Waals surface area contributed by atoms with Crippen LogP contribution in [0.1, 0.15) is 22.5 Å². The smallest absolute Gasteiger partial charge is 0.339 e. The Hall–Kier alpha value is -1.62. The van der Waals surface area contributed by atoms with Gasteiger partial charge in [0.25, 0.3) is 0 Å². The first-order valence-electron chi connectivity index (χ1n) is 6.16. The van der Waals surface area contributed by atoms with Crippen molar-refractivity contribution in [1.29, 1.82) is 0 Å². The van der Waals surface area contributed by atoms with Crippen molar-refractivity contribution in [2.75, 3.05) is 31.6 Å². The molecule has 18 heavy (non-hydrogen) atoms. The molecule has 1 aliphatic heterocycles. The highest BCUT2D eigenvalue weighted by atomic mass is 16.5. The van der Waals surface area contributed by atoms with E-state index in [1.54, 1.807) is 6.07 Å². The van der Waals surface area contributed by atoms with Crippen molar-refractivity contribution in [3.8, 4) is 0 Å². The largest absolute Gasteiger partial charge is 0.465 e. The maximum absolute atomic E-state index is 11.5. The fourth-order valence-corrected chi connectivity index (χ4v) is 2.28. The van der Waals surface area contributed by atoms with Gasteiger partial charge < -0.3 is 15.4 Å². The Morgan fingerprint density at radius 3 is 2.94 bits per heavy atom. The van der Waals surface area contributed by atoms with Crippen molar-refractivity contribution in [1.82, 2.24) is 4.98 Å². The summed E-state index contributed by atoms with van der Waals surface area (Å²) in [4.78, 5) is 18.2. The lowest BCUT2D eigenvalue weighted by atomic mass is 10.1. The molecule has 0 aromatic carbocycles. The number of rotatable bonds is 3. The van der Waals surface area contributed by atoms with E-state index in [-0.39, 0.29) is 5.97 Å². The molecule has 0 aliphatic carbocycles. The number of methoxy groups -OCH3 is 1. The Balaban J connectivity index is 2.17. The summed E-state index contributed by atoms with van der Waals surface area (Å²) in [5.74, 6) is 1.12. The second kappa shape index (κ2) is 5.35. The zero-order valence-corrected chi connectivity index (χ0v) is 10.8. The lowest BCUT2D eigenvalue weighted by Gasteiger charge is -2.18. The van der Waals surface area contributed by atoms with Crippen LogP contribution in [0.3, 0.4) is 0 Å². The molecule has 0 radical (unpaired) electrons. The lowest BCUT2D eigenvalue weighted by Crippen LogP contribution is -2.23. The molecule has 1 atom stereocenters. The number of nitrogens with zero attached hydrogens (tertiary/aromatic N) is 2. The van der Waals surface area contributed by atoms with Crippen molar-refractivity contribution in [2.24, 2.45) is 11.7 Å². The minimum Gasteiger partial charge on any atom is -0.465 e. The van der Waals surface area contributed by atoms with E-state index < -0.39 is 0 Å². The van der Waals surface area contributed by atoms with Crippen molar-refractivity contribution in [2.45, 2.75) is 13.3 Å². The molecule has 0 spiro atoms. The number of carbonyl (C=O) groups excluding carboxylic acids is 1. The SMILES string of the molecule is COC(=O)c1ccc(N2CCC(CN)C2)nc1C. The molecule has 2 rings (SSSR count). The van der Waals surface area contributed by atoms with Gasteiger partial charge in [0.2, 0.25) is 0 Å². The summed E-state index contributed by atoms with van der Waals surface area (Å²) in [6.45, 7) is 4.47. The molecule has 1 aliphatic rings. The fraction of sp³-hybridized carbons (Fsp3) is 0.538. The van der Waals surface area contributed by atoms with Gasteiger partial charge in [-0.05, 0) is 37.9 Å². The van der Waals surface area contributed by atoms with E-state index in [1.807, 2.05) is 13.0 Å². The van der Waals surface area contributed by atoms with Crippen molar-refractivity contribution in [3.63, 3.8) is 0 Å². The molecule has 1 aromatic rings. The third-order valence-electron chi connectivity index (χ3n) is 3.42. The van der Waals surface area contributed by atoms with E-state index in [1.165, 1.54) is 7.11 Å². The van der Waals surface area contributed by atoms with E-state index in [2.05, 4.69) is 9.88 Å². The van der Waals surface area contributed by atoms with E-state index in [0.29, 0.717) is 17.2 Å². The number of ether oxygens (including phenoxy) is 1. The summed E-state index contributed by atoms with van der Waals surface area (Å²) in [7, 11) is 1.38. The standard InChI is InChI=1S/C13H19N3O2/c1-9-11(13(17)18-2)3-4-12(15-9)16-6-5-10(7-14)8-16/h3-4,10H,5-8,14H2,1-2H3. The van der Waals surface area contributed by atoms with Crippen LogP contribution in [0.15, 0.2) is 12.1 Å². The molecule has 2 heterocycles. The molecule has 1 saturated heterocycles. The molecule has 98 valence electrons. The number of hydrogen-bond acceptors (Lipinski definition) is 5. The molecule has 0 bridgehead atoms. The predicted molar refractivity (Wildman–Crippen MR) is 69.7 cm³/mol. The normalized spacial score (nSPS) is 19.1. The summed E-state index contributed by atoms with van der Waals surface area (Å²) >= 11 is 0. The van der Waals surface area contributed by atoms with Crippen molar-refractivity contribution < 1.29 is 9.53 Å². The minimum atomic E-state index is -0.340. The van der Waals surface area contributed by atoms with Crippen molar-refractivity contribution >= 4 is 11.8 Å². The second-order valence-electron chi connectivity index (χ2n) is 4.63. The fourth-order valence-electron chi connectivity index (χ4n) is 2.28. The number of nitrogens with two attached hydrogens (primary N) is 1. The summed E-state index contributed by atoms with van der Waals surface area (Å²) in [5.41, 5.74) is 6.91. The van der Waals surface area contributed by atoms with Gasteiger partial charge >= 0.3 is 5.97 Å². The molecule has 1 unspecified atom stereocenters. The molecule has 2 N–H and O–H groups in total. The van der Waals surface area contributed by atoms with Crippen LogP contribution in [0, 0.1) is 12.8 Å². The highest BCUT2D eigenvalue weighted by Crippen LogP contribution is 2.22. The van der Waals surface area contributed by atoms with E-state index in [9.17, 15) is 4.79 Å². The Morgan fingerprint density at radius 1 is 1.61 bits per heavy atom. The highest BCUT2D eigenvalue weighted by Gasteiger charge is 2.23. The van der Waals surface area contributed by atoms with Gasteiger partial charge in [0.15, 0.2) is 0 Å². The molecule has 1 fully saturated rings. The summed E-state index contributed by atoms with van der Waals surface area (Å²) < 4.78 is 4.71. The molecule has 5 heteroatoms. The predicted octanol–water partition coefficient (Wildman–Crippen LogP) is 0.962. The van der Waals surface area contributed by atoms with Gasteiger partial charge in [0.1, 0.15) is 5.82 Å². The molecule has 0 amide bonds. The maximum atomic E-state index is 11.5. The number of carbonyl (C=O) groups is 1. The average Bonchev–Trinajstić information content (AvgIpc) is 2.86. The Labute approximate surface area is 107 Å². The first-order valence-corrected chi connectivity index (χ1v) is 6.16. The topological polar surface area (TPSA) is 68.5 Å². The summed E-state index contributed by atoms with van der Waals surface area (Å²) in [5, 5.41) is 0. The van der Waals surface area contributed by atoms with Crippen LogP contribution < -0.4 is 10.6 Å². The number of hydrogen-bond donors (Lipinski definition) is 1. The summed E-state index contributed by atoms with van der Waals surface area (Å²) in [6.07, 6.45) is 1.11. The summed E-state index contributed by atoms with van der Waals surface area (Å²) in [6, 6.07) is 3.65. The zero-order chi connectivity index (χ0) is 13.1. The number of anilines is 1. The van der Waals surface area contributed by atoms with Crippen LogP contribution >= 0.6 is 0 Å². The van der Waals surface area contributed by atoms with Gasteiger partial charge in [-0.25, -0.2) is 9.78 Å². The molecular weight excluding hydrogens is 230 g/mol. The van der Waals surface area contributed by atoms with Crippen LogP contribution in [0.4, 0.5) is 5.82 Å². The van der Waals surface area contributed by atoms with Gasteiger partial charge in [-0.2, -0.15) is 0 Å². The van der Waals surface area contributed by atoms with Gasteiger partial charge in [-0.3, -0.25) is 0 Å². The third kappa shape index (κ3) is 2.46. The van der Waals surface area contributed by atoms with Gasteiger partial charge in [0.05, 0.1) is 18.4 Å². The van der Waals surface area contributed by atoms with E-state index in [0.717, 1.165) is 31.9 Å². The quantitative estimate of drug-likeness (QED) is 0.808. The highest BCUT2D eigenvalue weighted by molar-refractivity contribution is 5.90. The Bertz CT molecular complexity index is 448. The lowest BCUT2D eigenvalue weighted by molar-refractivity contribution is 0.0599. The number of pyridine rings is 1. The van der Waals surface area contributed by atoms with Crippen molar-refractivity contribution in [3.05, 3.63) is 23.4 Å². The third-order valence-corrected chi connectivity index (χ3v) is 3.42. The molecule has 5 nitrogen and oxygen atoms in total.